The first-order valence-electron chi connectivity index (χ1n) is 8.76. The van der Waals surface area contributed by atoms with Crippen molar-refractivity contribution in [3.8, 4) is 0 Å². The summed E-state index contributed by atoms with van der Waals surface area (Å²) in [4.78, 5) is 16.0. The average molecular weight is 339 g/mol. The number of pyridine rings is 1. The second kappa shape index (κ2) is 7.66. The molecule has 132 valence electrons. The number of aryl methyl sites for hydroxylation is 1. The summed E-state index contributed by atoms with van der Waals surface area (Å²) < 4.78 is 0. The van der Waals surface area contributed by atoms with Crippen LogP contribution in [0.2, 0.25) is 0 Å². The van der Waals surface area contributed by atoms with Gasteiger partial charge in [-0.05, 0) is 48.1 Å². The summed E-state index contributed by atoms with van der Waals surface area (Å²) in [5, 5.41) is 15.8. The zero-order valence-corrected chi connectivity index (χ0v) is 14.5. The molecule has 3 N–H and O–H groups in total. The first-order chi connectivity index (χ1) is 12.1. The Morgan fingerprint density at radius 2 is 2.00 bits per heavy atom. The zero-order valence-electron chi connectivity index (χ0n) is 14.5. The molecule has 0 radical (unpaired) electrons. The van der Waals surface area contributed by atoms with Crippen molar-refractivity contribution in [2.24, 2.45) is 0 Å². The molecule has 2 amide bonds. The highest BCUT2D eigenvalue weighted by atomic mass is 16.3. The minimum absolute atomic E-state index is 0.0457. The molecule has 2 unspecified atom stereocenters. The molecule has 0 fully saturated rings. The van der Waals surface area contributed by atoms with Gasteiger partial charge >= 0.3 is 6.03 Å². The number of benzene rings is 1. The van der Waals surface area contributed by atoms with E-state index in [0.29, 0.717) is 6.54 Å². The van der Waals surface area contributed by atoms with Gasteiger partial charge in [-0.1, -0.05) is 31.2 Å². The van der Waals surface area contributed by atoms with Crippen LogP contribution in [0.1, 0.15) is 42.6 Å². The fourth-order valence-electron chi connectivity index (χ4n) is 3.55. The Kier molecular flexibility index (Phi) is 5.34. The van der Waals surface area contributed by atoms with E-state index in [2.05, 4.69) is 46.8 Å². The Labute approximate surface area is 148 Å². The average Bonchev–Trinajstić information content (AvgIpc) is 2.66. The molecule has 5 heteroatoms. The number of fused-ring (bicyclic) bond motifs is 1. The molecular weight excluding hydrogens is 314 g/mol. The van der Waals surface area contributed by atoms with Crippen LogP contribution in [0, 0.1) is 0 Å². The minimum Gasteiger partial charge on any atom is -0.387 e. The summed E-state index contributed by atoms with van der Waals surface area (Å²) in [6.45, 7) is 2.96. The van der Waals surface area contributed by atoms with E-state index < -0.39 is 6.10 Å². The molecule has 3 rings (SSSR count). The molecule has 1 heterocycles. The van der Waals surface area contributed by atoms with Crippen LogP contribution in [-0.2, 0) is 11.8 Å². The highest BCUT2D eigenvalue weighted by molar-refractivity contribution is 5.74. The predicted octanol–water partition coefficient (Wildman–Crippen LogP) is 2.71. The van der Waals surface area contributed by atoms with Gasteiger partial charge in [-0.15, -0.1) is 0 Å². The van der Waals surface area contributed by atoms with Crippen molar-refractivity contribution >= 4 is 6.03 Å². The fraction of sp³-hybridized carbons (Fsp3) is 0.400. The van der Waals surface area contributed by atoms with Gasteiger partial charge in [0, 0.05) is 30.9 Å². The predicted molar refractivity (Wildman–Crippen MR) is 97.3 cm³/mol. The Balaban J connectivity index is 1.53. The SMILES string of the molecule is CC1(CNC(=O)NCC(O)c2ccncc2)CCCc2ccccc21. The lowest BCUT2D eigenvalue weighted by molar-refractivity contribution is 0.172. The lowest BCUT2D eigenvalue weighted by atomic mass is 9.71. The number of urea groups is 1. The Hall–Kier alpha value is -2.40. The number of nitrogens with zero attached hydrogens (tertiary/aromatic N) is 1. The molecule has 25 heavy (non-hydrogen) atoms. The number of aromatic nitrogens is 1. The number of carbonyl (C=O) groups is 1. The highest BCUT2D eigenvalue weighted by Gasteiger charge is 2.32. The maximum absolute atomic E-state index is 12.1. The van der Waals surface area contributed by atoms with E-state index in [1.54, 1.807) is 24.5 Å². The first kappa shape index (κ1) is 17.4. The standard InChI is InChI=1S/C20H25N3O2/c1-20(10-4-6-15-5-2-3-7-17(15)20)14-23-19(25)22-13-18(24)16-8-11-21-12-9-16/h2-3,5,7-9,11-12,18,24H,4,6,10,13-14H2,1H3,(H2,22,23,25). The lowest BCUT2D eigenvalue weighted by Crippen LogP contribution is -2.45. The Morgan fingerprint density at radius 3 is 2.80 bits per heavy atom. The normalized spacial score (nSPS) is 20.4. The van der Waals surface area contributed by atoms with Crippen molar-refractivity contribution in [3.05, 3.63) is 65.5 Å². The quantitative estimate of drug-likeness (QED) is 0.784. The van der Waals surface area contributed by atoms with Crippen LogP contribution >= 0.6 is 0 Å². The molecule has 1 aliphatic carbocycles. The number of aliphatic hydroxyl groups excluding tert-OH is 1. The molecule has 0 saturated carbocycles. The second-order valence-electron chi connectivity index (χ2n) is 6.93. The van der Waals surface area contributed by atoms with Gasteiger partial charge in [-0.25, -0.2) is 4.79 Å². The van der Waals surface area contributed by atoms with Gasteiger partial charge in [0.25, 0.3) is 0 Å². The third-order valence-electron chi connectivity index (χ3n) is 5.03. The summed E-state index contributed by atoms with van der Waals surface area (Å²) in [6, 6.07) is 11.7. The molecule has 2 aromatic rings. The van der Waals surface area contributed by atoms with E-state index in [1.165, 1.54) is 11.1 Å². The number of rotatable bonds is 5. The van der Waals surface area contributed by atoms with Gasteiger partial charge in [-0.2, -0.15) is 0 Å². The van der Waals surface area contributed by atoms with E-state index in [4.69, 9.17) is 0 Å². The van der Waals surface area contributed by atoms with Crippen LogP contribution in [0.4, 0.5) is 4.79 Å². The summed E-state index contributed by atoms with van der Waals surface area (Å²) in [5.74, 6) is 0. The number of carbonyl (C=O) groups excluding carboxylic acids is 1. The van der Waals surface area contributed by atoms with Crippen molar-refractivity contribution in [2.45, 2.75) is 37.7 Å². The third-order valence-corrected chi connectivity index (χ3v) is 5.03. The van der Waals surface area contributed by atoms with Crippen LogP contribution in [0.15, 0.2) is 48.8 Å². The van der Waals surface area contributed by atoms with Gasteiger partial charge < -0.3 is 15.7 Å². The second-order valence-corrected chi connectivity index (χ2v) is 6.93. The summed E-state index contributed by atoms with van der Waals surface area (Å²) in [5.41, 5.74) is 3.41. The van der Waals surface area contributed by atoms with E-state index in [0.717, 1.165) is 24.8 Å². The molecule has 0 bridgehead atoms. The summed E-state index contributed by atoms with van der Waals surface area (Å²) >= 11 is 0. The minimum atomic E-state index is -0.736. The van der Waals surface area contributed by atoms with Crippen molar-refractivity contribution in [2.75, 3.05) is 13.1 Å². The molecular formula is C20H25N3O2. The monoisotopic (exact) mass is 339 g/mol. The van der Waals surface area contributed by atoms with Gasteiger partial charge in [0.1, 0.15) is 0 Å². The molecule has 1 aliphatic rings. The number of hydrogen-bond acceptors (Lipinski definition) is 3. The lowest BCUT2D eigenvalue weighted by Gasteiger charge is -2.36. The summed E-state index contributed by atoms with van der Waals surface area (Å²) in [7, 11) is 0. The Bertz CT molecular complexity index is 720. The van der Waals surface area contributed by atoms with E-state index in [9.17, 15) is 9.90 Å². The van der Waals surface area contributed by atoms with E-state index in [-0.39, 0.29) is 18.0 Å². The fourth-order valence-corrected chi connectivity index (χ4v) is 3.55. The summed E-state index contributed by atoms with van der Waals surface area (Å²) in [6.07, 6.45) is 5.82. The largest absolute Gasteiger partial charge is 0.387 e. The van der Waals surface area contributed by atoms with Gasteiger partial charge in [-0.3, -0.25) is 4.98 Å². The van der Waals surface area contributed by atoms with Crippen molar-refractivity contribution in [1.82, 2.24) is 15.6 Å². The molecule has 0 saturated heterocycles. The highest BCUT2D eigenvalue weighted by Crippen LogP contribution is 2.36. The topological polar surface area (TPSA) is 74.2 Å². The van der Waals surface area contributed by atoms with E-state index >= 15 is 0 Å². The zero-order chi connectivity index (χ0) is 17.7. The van der Waals surface area contributed by atoms with Gasteiger partial charge in [0.05, 0.1) is 6.10 Å². The van der Waals surface area contributed by atoms with Crippen LogP contribution in [0.25, 0.3) is 0 Å². The first-order valence-corrected chi connectivity index (χ1v) is 8.76. The van der Waals surface area contributed by atoms with Crippen molar-refractivity contribution in [3.63, 3.8) is 0 Å². The van der Waals surface area contributed by atoms with Gasteiger partial charge in [0.2, 0.25) is 0 Å². The molecule has 0 spiro atoms. The molecule has 2 atom stereocenters. The van der Waals surface area contributed by atoms with Crippen molar-refractivity contribution < 1.29 is 9.90 Å². The molecule has 0 aliphatic heterocycles. The van der Waals surface area contributed by atoms with Crippen LogP contribution in [0.5, 0.6) is 0 Å². The molecule has 5 nitrogen and oxygen atoms in total. The van der Waals surface area contributed by atoms with Crippen LogP contribution in [-0.4, -0.2) is 29.2 Å². The number of nitrogens with one attached hydrogen (secondary N) is 2. The number of hydrogen-bond donors (Lipinski definition) is 3. The number of aliphatic hydroxyl groups is 1. The third kappa shape index (κ3) is 4.17. The number of amides is 2. The molecule has 1 aromatic heterocycles. The van der Waals surface area contributed by atoms with Crippen LogP contribution in [0.3, 0.4) is 0 Å². The molecule has 1 aromatic carbocycles. The maximum atomic E-state index is 12.1. The Morgan fingerprint density at radius 1 is 1.24 bits per heavy atom. The van der Waals surface area contributed by atoms with Crippen LogP contribution < -0.4 is 10.6 Å². The van der Waals surface area contributed by atoms with Gasteiger partial charge in [0.15, 0.2) is 0 Å². The smallest absolute Gasteiger partial charge is 0.314 e. The maximum Gasteiger partial charge on any atom is 0.314 e. The van der Waals surface area contributed by atoms with E-state index in [1.807, 2.05) is 0 Å². The van der Waals surface area contributed by atoms with Crippen molar-refractivity contribution in [1.29, 1.82) is 0 Å².